The van der Waals surface area contributed by atoms with Crippen molar-refractivity contribution in [2.24, 2.45) is 0 Å². The summed E-state index contributed by atoms with van der Waals surface area (Å²) in [5.74, 6) is 3.26. The predicted molar refractivity (Wildman–Crippen MR) is 81.0 cm³/mol. The highest BCUT2D eigenvalue weighted by atomic mass is 79.9. The van der Waals surface area contributed by atoms with Gasteiger partial charge in [0.25, 0.3) is 0 Å². The topological polar surface area (TPSA) is 47.0 Å². The minimum atomic E-state index is 0.264. The Morgan fingerprint density at radius 1 is 1.30 bits per heavy atom. The lowest BCUT2D eigenvalue weighted by Gasteiger charge is -2.11. The quantitative estimate of drug-likeness (QED) is 0.826. The first-order chi connectivity index (χ1) is 9.79. The summed E-state index contributed by atoms with van der Waals surface area (Å²) in [5.41, 5.74) is 1.99. The average Bonchev–Trinajstić information content (AvgIpc) is 2.47. The molecule has 1 aromatic carbocycles. The van der Waals surface area contributed by atoms with Crippen LogP contribution < -0.4 is 10.1 Å². The van der Waals surface area contributed by atoms with Crippen molar-refractivity contribution in [2.45, 2.75) is 13.1 Å². The average molecular weight is 332 g/mol. The Hall–Kier alpha value is -1.90. The number of aromatic nitrogens is 2. The molecule has 1 aromatic heterocycles. The number of hydrogen-bond acceptors (Lipinski definition) is 4. The zero-order chi connectivity index (χ0) is 14.2. The summed E-state index contributed by atoms with van der Waals surface area (Å²) in [4.78, 5) is 8.05. The van der Waals surface area contributed by atoms with Crippen LogP contribution in [0.25, 0.3) is 0 Å². The number of hydrogen-bond donors (Lipinski definition) is 1. The molecule has 0 atom stereocenters. The number of nitrogens with zero attached hydrogens (tertiary/aromatic N) is 2. The minimum Gasteiger partial charge on any atom is -0.481 e. The number of ether oxygens (including phenoxy) is 1. The van der Waals surface area contributed by atoms with E-state index in [0.717, 1.165) is 21.5 Å². The fourth-order valence-corrected chi connectivity index (χ4v) is 2.10. The van der Waals surface area contributed by atoms with Crippen molar-refractivity contribution in [3.8, 4) is 18.1 Å². The highest BCUT2D eigenvalue weighted by Crippen LogP contribution is 2.23. The van der Waals surface area contributed by atoms with E-state index in [1.165, 1.54) is 6.33 Å². The molecule has 5 heteroatoms. The highest BCUT2D eigenvalue weighted by Gasteiger charge is 2.04. The van der Waals surface area contributed by atoms with Crippen LogP contribution in [0.15, 0.2) is 41.3 Å². The third-order valence-corrected chi connectivity index (χ3v) is 3.09. The van der Waals surface area contributed by atoms with Gasteiger partial charge in [0.05, 0.1) is 5.69 Å². The van der Waals surface area contributed by atoms with Gasteiger partial charge in [-0.1, -0.05) is 21.9 Å². The monoisotopic (exact) mass is 331 g/mol. The molecule has 0 aliphatic heterocycles. The van der Waals surface area contributed by atoms with Crippen LogP contribution in [-0.4, -0.2) is 16.6 Å². The molecule has 0 unspecified atom stereocenters. The first kappa shape index (κ1) is 14.5. The van der Waals surface area contributed by atoms with Crippen molar-refractivity contribution < 1.29 is 4.74 Å². The van der Waals surface area contributed by atoms with Gasteiger partial charge in [-0.3, -0.25) is 0 Å². The molecule has 0 aliphatic rings. The van der Waals surface area contributed by atoms with Gasteiger partial charge in [0, 0.05) is 29.3 Å². The first-order valence-corrected chi connectivity index (χ1v) is 6.89. The molecule has 102 valence electrons. The molecule has 4 nitrogen and oxygen atoms in total. The molecule has 0 fully saturated rings. The van der Waals surface area contributed by atoms with Crippen LogP contribution >= 0.6 is 15.9 Å². The zero-order valence-electron chi connectivity index (χ0n) is 10.8. The molecule has 0 bridgehead atoms. The van der Waals surface area contributed by atoms with Crippen LogP contribution in [0.5, 0.6) is 5.75 Å². The second-order valence-electron chi connectivity index (χ2n) is 4.05. The van der Waals surface area contributed by atoms with Crippen molar-refractivity contribution in [1.82, 2.24) is 15.3 Å². The normalized spacial score (nSPS) is 10.0. The number of rotatable bonds is 6. The maximum absolute atomic E-state index is 5.52. The molecule has 0 saturated heterocycles. The summed E-state index contributed by atoms with van der Waals surface area (Å²) >= 11 is 3.46. The number of halogens is 1. The van der Waals surface area contributed by atoms with Crippen LogP contribution in [0.1, 0.15) is 11.3 Å². The maximum atomic E-state index is 5.52. The summed E-state index contributed by atoms with van der Waals surface area (Å²) < 4.78 is 6.53. The summed E-state index contributed by atoms with van der Waals surface area (Å²) in [7, 11) is 0. The van der Waals surface area contributed by atoms with Crippen molar-refractivity contribution in [2.75, 3.05) is 6.61 Å². The van der Waals surface area contributed by atoms with E-state index in [1.807, 2.05) is 24.3 Å². The summed E-state index contributed by atoms with van der Waals surface area (Å²) in [6.45, 7) is 1.60. The van der Waals surface area contributed by atoms with Crippen molar-refractivity contribution in [3.05, 3.63) is 52.5 Å². The molecular formula is C15H14BrN3O. The summed E-state index contributed by atoms with van der Waals surface area (Å²) in [6.07, 6.45) is 8.48. The number of benzene rings is 1. The molecule has 0 saturated carbocycles. The van der Waals surface area contributed by atoms with E-state index in [1.54, 1.807) is 6.20 Å². The van der Waals surface area contributed by atoms with Crippen molar-refractivity contribution in [1.29, 1.82) is 0 Å². The van der Waals surface area contributed by atoms with Gasteiger partial charge in [0.2, 0.25) is 0 Å². The number of nitrogens with one attached hydrogen (secondary N) is 1. The third-order valence-electron chi connectivity index (χ3n) is 2.60. The molecule has 0 aliphatic carbocycles. The van der Waals surface area contributed by atoms with Crippen LogP contribution in [0.2, 0.25) is 0 Å². The van der Waals surface area contributed by atoms with Gasteiger partial charge in [0.15, 0.2) is 0 Å². The minimum absolute atomic E-state index is 0.264. The fraction of sp³-hybridized carbons (Fsp3) is 0.200. The van der Waals surface area contributed by atoms with Gasteiger partial charge in [-0.05, 0) is 24.3 Å². The predicted octanol–water partition coefficient (Wildman–Crippen LogP) is 2.54. The molecule has 0 spiro atoms. The molecule has 0 amide bonds. The van der Waals surface area contributed by atoms with E-state index in [2.05, 4.69) is 37.1 Å². The van der Waals surface area contributed by atoms with E-state index in [9.17, 15) is 0 Å². The molecule has 0 radical (unpaired) electrons. The lowest BCUT2D eigenvalue weighted by atomic mass is 10.2. The Kier molecular flexibility index (Phi) is 5.54. The molecule has 1 N–H and O–H groups in total. The summed E-state index contributed by atoms with van der Waals surface area (Å²) in [5, 5.41) is 3.32. The van der Waals surface area contributed by atoms with E-state index in [-0.39, 0.29) is 6.61 Å². The lowest BCUT2D eigenvalue weighted by molar-refractivity contribution is 0.364. The Bertz CT molecular complexity index is 596. The zero-order valence-corrected chi connectivity index (χ0v) is 12.4. The first-order valence-electron chi connectivity index (χ1n) is 6.10. The van der Waals surface area contributed by atoms with Crippen LogP contribution in [0.4, 0.5) is 0 Å². The van der Waals surface area contributed by atoms with Crippen LogP contribution in [0.3, 0.4) is 0 Å². The molecule has 2 aromatic rings. The Morgan fingerprint density at radius 3 is 2.95 bits per heavy atom. The van der Waals surface area contributed by atoms with E-state index in [4.69, 9.17) is 11.2 Å². The maximum Gasteiger partial charge on any atom is 0.148 e. The highest BCUT2D eigenvalue weighted by molar-refractivity contribution is 9.10. The van der Waals surface area contributed by atoms with E-state index < -0.39 is 0 Å². The number of terminal acetylenes is 1. The summed E-state index contributed by atoms with van der Waals surface area (Å²) in [6, 6.07) is 7.73. The standard InChI is InChI=1S/C15H14BrN3O/c1-2-7-20-15-4-3-13(16)8-12(15)9-18-10-14-5-6-17-11-19-14/h1,3-6,8,11,18H,7,9-10H2. The largest absolute Gasteiger partial charge is 0.481 e. The second kappa shape index (κ2) is 7.63. The molecule has 20 heavy (non-hydrogen) atoms. The van der Waals surface area contributed by atoms with Crippen molar-refractivity contribution >= 4 is 15.9 Å². The third kappa shape index (κ3) is 4.34. The SMILES string of the molecule is C#CCOc1ccc(Br)cc1CNCc1ccncn1. The van der Waals surface area contributed by atoms with Gasteiger partial charge in [-0.15, -0.1) is 6.42 Å². The van der Waals surface area contributed by atoms with Gasteiger partial charge in [0.1, 0.15) is 18.7 Å². The van der Waals surface area contributed by atoms with Crippen LogP contribution in [-0.2, 0) is 13.1 Å². The molecule has 1 heterocycles. The van der Waals surface area contributed by atoms with Gasteiger partial charge >= 0.3 is 0 Å². The smallest absolute Gasteiger partial charge is 0.148 e. The van der Waals surface area contributed by atoms with Crippen molar-refractivity contribution in [3.63, 3.8) is 0 Å². The van der Waals surface area contributed by atoms with Crippen LogP contribution in [0, 0.1) is 12.3 Å². The van der Waals surface area contributed by atoms with E-state index in [0.29, 0.717) is 13.1 Å². The Morgan fingerprint density at radius 2 is 2.20 bits per heavy atom. The lowest BCUT2D eigenvalue weighted by Crippen LogP contribution is -2.14. The Balaban J connectivity index is 1.97. The molecule has 2 rings (SSSR count). The van der Waals surface area contributed by atoms with Gasteiger partial charge in [-0.25, -0.2) is 9.97 Å². The fourth-order valence-electron chi connectivity index (χ4n) is 1.69. The Labute approximate surface area is 126 Å². The van der Waals surface area contributed by atoms with Gasteiger partial charge < -0.3 is 10.1 Å². The van der Waals surface area contributed by atoms with E-state index >= 15 is 0 Å². The van der Waals surface area contributed by atoms with Gasteiger partial charge in [-0.2, -0.15) is 0 Å². The molecular weight excluding hydrogens is 318 g/mol. The second-order valence-corrected chi connectivity index (χ2v) is 4.96.